The third-order valence-electron chi connectivity index (χ3n) is 5.95. The third kappa shape index (κ3) is 4.92. The number of rotatable bonds is 6. The Bertz CT molecular complexity index is 1500. The summed E-state index contributed by atoms with van der Waals surface area (Å²) >= 11 is 0. The summed E-state index contributed by atoms with van der Waals surface area (Å²) in [6.07, 6.45) is -4.98. The summed E-state index contributed by atoms with van der Waals surface area (Å²) in [5.41, 5.74) is 0.186. The first-order valence-corrected chi connectivity index (χ1v) is 11.3. The molecule has 1 aliphatic heterocycles. The number of hydrogen-bond donors (Lipinski definition) is 0. The van der Waals surface area contributed by atoms with Crippen LogP contribution in [-0.2, 0) is 19.3 Å². The van der Waals surface area contributed by atoms with Crippen molar-refractivity contribution < 1.29 is 36.5 Å². The van der Waals surface area contributed by atoms with Crippen LogP contribution in [0, 0.1) is 0 Å². The van der Waals surface area contributed by atoms with E-state index in [0.717, 1.165) is 5.56 Å². The first-order valence-electron chi connectivity index (χ1n) is 11.3. The van der Waals surface area contributed by atoms with Crippen LogP contribution in [-0.4, -0.2) is 25.9 Å². The van der Waals surface area contributed by atoms with Crippen LogP contribution < -0.4 is 24.4 Å². The second kappa shape index (κ2) is 9.70. The van der Waals surface area contributed by atoms with Gasteiger partial charge in [0, 0.05) is 19.2 Å². The summed E-state index contributed by atoms with van der Waals surface area (Å²) < 4.78 is 69.1. The highest BCUT2D eigenvalue weighted by Crippen LogP contribution is 2.41. The molecule has 1 aromatic heterocycles. The number of benzene rings is 3. The van der Waals surface area contributed by atoms with Crippen LogP contribution in [0.1, 0.15) is 16.9 Å². The molecule has 2 heterocycles. The quantitative estimate of drug-likeness (QED) is 0.315. The van der Waals surface area contributed by atoms with Gasteiger partial charge in [0.25, 0.3) is 5.76 Å². The molecule has 0 fully saturated rings. The van der Waals surface area contributed by atoms with Gasteiger partial charge >= 0.3 is 6.18 Å². The Labute approximate surface area is 209 Å². The molecule has 7 nitrogen and oxygen atoms in total. The first-order chi connectivity index (χ1) is 17.8. The van der Waals surface area contributed by atoms with E-state index >= 15 is 0 Å². The Kier molecular flexibility index (Phi) is 6.43. The van der Waals surface area contributed by atoms with Gasteiger partial charge in [-0.25, -0.2) is 0 Å². The highest BCUT2D eigenvalue weighted by atomic mass is 19.4. The first kappa shape index (κ1) is 24.5. The van der Waals surface area contributed by atoms with Crippen LogP contribution in [0.2, 0.25) is 0 Å². The average molecular weight is 513 g/mol. The van der Waals surface area contributed by atoms with Gasteiger partial charge in [-0.05, 0) is 42.0 Å². The Morgan fingerprint density at radius 3 is 2.38 bits per heavy atom. The lowest BCUT2D eigenvalue weighted by atomic mass is 10.1. The summed E-state index contributed by atoms with van der Waals surface area (Å²) in [6, 6.07) is 16.3. The molecule has 37 heavy (non-hydrogen) atoms. The fourth-order valence-corrected chi connectivity index (χ4v) is 4.15. The molecule has 0 aliphatic carbocycles. The maximum atomic E-state index is 14.1. The van der Waals surface area contributed by atoms with E-state index in [2.05, 4.69) is 0 Å². The fraction of sp³-hybridized carbons (Fsp3) is 0.222. The smallest absolute Gasteiger partial charge is 0.453 e. The molecule has 10 heteroatoms. The van der Waals surface area contributed by atoms with Crippen LogP contribution in [0.25, 0.3) is 11.0 Å². The highest BCUT2D eigenvalue weighted by Gasteiger charge is 2.41. The molecule has 0 atom stereocenters. The summed E-state index contributed by atoms with van der Waals surface area (Å²) in [6.45, 7) is 0.903. The molecular formula is C27H22F3NO6. The molecule has 0 amide bonds. The number of halogens is 3. The van der Waals surface area contributed by atoms with Crippen molar-refractivity contribution in [3.63, 3.8) is 0 Å². The largest absolute Gasteiger partial charge is 0.497 e. The number of alkyl halides is 3. The molecule has 5 rings (SSSR count). The number of fused-ring (bicyclic) bond motifs is 3. The van der Waals surface area contributed by atoms with Crippen LogP contribution in [0.15, 0.2) is 69.9 Å². The van der Waals surface area contributed by atoms with Crippen molar-refractivity contribution in [2.24, 2.45) is 0 Å². The minimum Gasteiger partial charge on any atom is -0.497 e. The second-order valence-corrected chi connectivity index (χ2v) is 8.40. The van der Waals surface area contributed by atoms with Gasteiger partial charge in [-0.15, -0.1) is 0 Å². The van der Waals surface area contributed by atoms with Crippen molar-refractivity contribution in [2.75, 3.05) is 21.0 Å². The van der Waals surface area contributed by atoms with Crippen LogP contribution in [0.3, 0.4) is 0 Å². The fourth-order valence-electron chi connectivity index (χ4n) is 4.15. The minimum absolute atomic E-state index is 0.00320. The van der Waals surface area contributed by atoms with Crippen molar-refractivity contribution in [2.45, 2.75) is 19.3 Å². The summed E-state index contributed by atoms with van der Waals surface area (Å²) in [4.78, 5) is 15.2. The molecule has 4 aromatic rings. The summed E-state index contributed by atoms with van der Waals surface area (Å²) in [7, 11) is 2.99. The van der Waals surface area contributed by atoms with Gasteiger partial charge in [0.15, 0.2) is 0 Å². The molecule has 3 aromatic carbocycles. The van der Waals surface area contributed by atoms with Crippen molar-refractivity contribution >= 4 is 11.0 Å². The van der Waals surface area contributed by atoms with Crippen molar-refractivity contribution in [1.82, 2.24) is 4.90 Å². The van der Waals surface area contributed by atoms with Crippen LogP contribution >= 0.6 is 0 Å². The molecule has 0 bridgehead atoms. The highest BCUT2D eigenvalue weighted by molar-refractivity contribution is 5.84. The average Bonchev–Trinajstić information content (AvgIpc) is 2.90. The van der Waals surface area contributed by atoms with Crippen LogP contribution in [0.5, 0.6) is 28.7 Å². The predicted molar refractivity (Wildman–Crippen MR) is 128 cm³/mol. The lowest BCUT2D eigenvalue weighted by Crippen LogP contribution is -2.32. The molecule has 0 saturated heterocycles. The van der Waals surface area contributed by atoms with Crippen molar-refractivity contribution in [1.29, 1.82) is 0 Å². The second-order valence-electron chi connectivity index (χ2n) is 8.40. The summed E-state index contributed by atoms with van der Waals surface area (Å²) in [5, 5.41) is -0.0421. The zero-order valence-electron chi connectivity index (χ0n) is 19.9. The molecule has 0 spiro atoms. The van der Waals surface area contributed by atoms with E-state index in [1.807, 2.05) is 29.2 Å². The van der Waals surface area contributed by atoms with E-state index in [-0.39, 0.29) is 30.0 Å². The van der Waals surface area contributed by atoms with E-state index in [4.69, 9.17) is 23.4 Å². The number of nitrogens with zero attached hydrogens (tertiary/aromatic N) is 1. The molecule has 0 unspecified atom stereocenters. The Balaban J connectivity index is 1.55. The van der Waals surface area contributed by atoms with Gasteiger partial charge in [-0.2, -0.15) is 13.2 Å². The van der Waals surface area contributed by atoms with Gasteiger partial charge in [-0.1, -0.05) is 18.2 Å². The van der Waals surface area contributed by atoms with Gasteiger partial charge < -0.3 is 23.4 Å². The van der Waals surface area contributed by atoms with Gasteiger partial charge in [0.1, 0.15) is 35.3 Å². The van der Waals surface area contributed by atoms with E-state index in [1.165, 1.54) is 31.4 Å². The molecular weight excluding hydrogens is 491 g/mol. The molecule has 0 saturated carbocycles. The van der Waals surface area contributed by atoms with Crippen molar-refractivity contribution in [3.8, 4) is 28.7 Å². The van der Waals surface area contributed by atoms with E-state index in [0.29, 0.717) is 29.4 Å². The van der Waals surface area contributed by atoms with E-state index in [9.17, 15) is 18.0 Å². The SMILES string of the molecule is COc1ccc(CN2COc3ccc4c(=O)c(Oc5cccc(OC)c5)c(C(F)(F)F)oc4c3C2)cc1. The van der Waals surface area contributed by atoms with Crippen LogP contribution in [0.4, 0.5) is 13.2 Å². The lowest BCUT2D eigenvalue weighted by molar-refractivity contribution is -0.154. The zero-order chi connectivity index (χ0) is 26.2. The number of methoxy groups -OCH3 is 2. The van der Waals surface area contributed by atoms with Gasteiger partial charge in [0.05, 0.1) is 25.2 Å². The van der Waals surface area contributed by atoms with E-state index < -0.39 is 23.1 Å². The normalized spacial score (nSPS) is 13.6. The standard InChI is InChI=1S/C27H22F3NO6/c1-33-17-8-6-16(7-9-17)13-31-14-21-22(35-15-31)11-10-20-23(32)25(26(27(28,29)30)37-24(20)21)36-19-5-3-4-18(12-19)34-2/h3-12H,13-15H2,1-2H3. The van der Waals surface area contributed by atoms with E-state index in [1.54, 1.807) is 19.2 Å². The Hall–Kier alpha value is -4.18. The summed E-state index contributed by atoms with van der Waals surface area (Å²) in [5.74, 6) is -1.03. The lowest BCUT2D eigenvalue weighted by Gasteiger charge is -2.29. The monoisotopic (exact) mass is 513 g/mol. The topological polar surface area (TPSA) is 70.4 Å². The zero-order valence-corrected chi connectivity index (χ0v) is 19.9. The number of hydrogen-bond acceptors (Lipinski definition) is 7. The Morgan fingerprint density at radius 1 is 0.946 bits per heavy atom. The minimum atomic E-state index is -4.98. The van der Waals surface area contributed by atoms with Gasteiger partial charge in [0.2, 0.25) is 11.2 Å². The third-order valence-corrected chi connectivity index (χ3v) is 5.95. The molecule has 192 valence electrons. The van der Waals surface area contributed by atoms with Crippen molar-refractivity contribution in [3.05, 3.63) is 87.8 Å². The number of ether oxygens (including phenoxy) is 4. The maximum Gasteiger partial charge on any atom is 0.453 e. The predicted octanol–water partition coefficient (Wildman–Crippen LogP) is 5.97. The molecule has 0 N–H and O–H groups in total. The molecule has 0 radical (unpaired) electrons. The maximum absolute atomic E-state index is 14.1. The Morgan fingerprint density at radius 2 is 1.68 bits per heavy atom. The molecule has 1 aliphatic rings. The van der Waals surface area contributed by atoms with Gasteiger partial charge in [-0.3, -0.25) is 9.69 Å².